The van der Waals surface area contributed by atoms with Gasteiger partial charge in [0.25, 0.3) is 0 Å². The molecule has 1 nitrogen and oxygen atoms in total. The van der Waals surface area contributed by atoms with Gasteiger partial charge in [0.2, 0.25) is 0 Å². The number of hydrogen-bond acceptors (Lipinski definition) is 1. The predicted molar refractivity (Wildman–Crippen MR) is 58.2 cm³/mol. The van der Waals surface area contributed by atoms with Gasteiger partial charge in [-0.1, -0.05) is 45.0 Å². The molecule has 1 heteroatoms. The molecule has 0 fully saturated rings. The Morgan fingerprint density at radius 1 is 1.07 bits per heavy atom. The van der Waals surface area contributed by atoms with Crippen LogP contribution in [0.15, 0.2) is 29.8 Å². The van der Waals surface area contributed by atoms with Crippen LogP contribution < -0.4 is 0 Å². The molecule has 0 aliphatic heterocycles. The molecule has 0 radical (unpaired) electrons. The van der Waals surface area contributed by atoms with E-state index < -0.39 is 0 Å². The van der Waals surface area contributed by atoms with Gasteiger partial charge >= 0.3 is 0 Å². The summed E-state index contributed by atoms with van der Waals surface area (Å²) in [6.45, 7) is 6.22. The minimum Gasteiger partial charge on any atom is -0.289 e. The monoisotopic (exact) mass is 186 g/mol. The lowest BCUT2D eigenvalue weighted by Crippen LogP contribution is -2.14. The number of hydrogen-bond donors (Lipinski definition) is 0. The van der Waals surface area contributed by atoms with Crippen LogP contribution in [-0.4, -0.2) is 5.78 Å². The smallest absolute Gasteiger partial charge is 0.190 e. The van der Waals surface area contributed by atoms with E-state index in [1.807, 2.05) is 30.3 Å². The van der Waals surface area contributed by atoms with Gasteiger partial charge in [0, 0.05) is 11.1 Å². The molecule has 1 aliphatic carbocycles. The van der Waals surface area contributed by atoms with Crippen LogP contribution in [0.4, 0.5) is 0 Å². The maximum atomic E-state index is 12.0. The molecule has 0 saturated carbocycles. The molecule has 0 saturated heterocycles. The minimum atomic E-state index is -0.0594. The first-order valence-electron chi connectivity index (χ1n) is 4.86. The van der Waals surface area contributed by atoms with Crippen molar-refractivity contribution in [2.75, 3.05) is 0 Å². The Morgan fingerprint density at radius 3 is 2.29 bits per heavy atom. The highest BCUT2D eigenvalue weighted by molar-refractivity contribution is 6.18. The van der Waals surface area contributed by atoms with Crippen molar-refractivity contribution >= 4 is 11.9 Å². The summed E-state index contributed by atoms with van der Waals surface area (Å²) in [6, 6.07) is 7.77. The SMILES string of the molecule is CC(C)(C)C1=Cc2ccccc2C1=O. The van der Waals surface area contributed by atoms with Crippen LogP contribution in [0.2, 0.25) is 0 Å². The second-order valence-corrected chi connectivity index (χ2v) is 4.72. The molecule has 2 rings (SSSR count). The Kier molecular flexibility index (Phi) is 1.84. The summed E-state index contributed by atoms with van der Waals surface area (Å²) in [5, 5.41) is 0. The van der Waals surface area contributed by atoms with Crippen molar-refractivity contribution in [1.29, 1.82) is 0 Å². The fourth-order valence-electron chi connectivity index (χ4n) is 1.75. The van der Waals surface area contributed by atoms with Crippen molar-refractivity contribution in [3.05, 3.63) is 41.0 Å². The first-order chi connectivity index (χ1) is 6.50. The number of carbonyl (C=O) groups is 1. The molecule has 14 heavy (non-hydrogen) atoms. The summed E-state index contributed by atoms with van der Waals surface area (Å²) in [7, 11) is 0. The number of benzene rings is 1. The number of Topliss-reactive ketones (excluding diaryl/α,β-unsaturated/α-hetero) is 1. The number of ketones is 1. The second-order valence-electron chi connectivity index (χ2n) is 4.72. The third-order valence-corrected chi connectivity index (χ3v) is 2.56. The molecule has 0 N–H and O–H groups in total. The van der Waals surface area contributed by atoms with Crippen LogP contribution in [-0.2, 0) is 0 Å². The van der Waals surface area contributed by atoms with Crippen molar-refractivity contribution in [3.8, 4) is 0 Å². The Morgan fingerprint density at radius 2 is 1.71 bits per heavy atom. The number of carbonyl (C=O) groups excluding carboxylic acids is 1. The van der Waals surface area contributed by atoms with Gasteiger partial charge in [-0.05, 0) is 17.1 Å². The highest BCUT2D eigenvalue weighted by Crippen LogP contribution is 2.35. The molecule has 1 aromatic carbocycles. The molecule has 0 amide bonds. The van der Waals surface area contributed by atoms with Gasteiger partial charge in [-0.25, -0.2) is 0 Å². The van der Waals surface area contributed by atoms with Crippen molar-refractivity contribution in [2.24, 2.45) is 5.41 Å². The van der Waals surface area contributed by atoms with Gasteiger partial charge in [0.15, 0.2) is 5.78 Å². The number of rotatable bonds is 0. The number of fused-ring (bicyclic) bond motifs is 1. The van der Waals surface area contributed by atoms with Gasteiger partial charge in [-0.15, -0.1) is 0 Å². The average molecular weight is 186 g/mol. The zero-order chi connectivity index (χ0) is 10.3. The van der Waals surface area contributed by atoms with Gasteiger partial charge in [0.1, 0.15) is 0 Å². The van der Waals surface area contributed by atoms with Gasteiger partial charge in [0.05, 0.1) is 0 Å². The van der Waals surface area contributed by atoms with E-state index in [-0.39, 0.29) is 11.2 Å². The molecular weight excluding hydrogens is 172 g/mol. The minimum absolute atomic E-state index is 0.0594. The summed E-state index contributed by atoms with van der Waals surface area (Å²) in [5.74, 6) is 0.188. The highest BCUT2D eigenvalue weighted by atomic mass is 16.1. The van der Waals surface area contributed by atoms with E-state index in [2.05, 4.69) is 20.8 Å². The third kappa shape index (κ3) is 1.29. The second kappa shape index (κ2) is 2.81. The maximum Gasteiger partial charge on any atom is 0.190 e. The largest absolute Gasteiger partial charge is 0.289 e. The summed E-state index contributed by atoms with van der Waals surface area (Å²) >= 11 is 0. The van der Waals surface area contributed by atoms with Crippen molar-refractivity contribution in [3.63, 3.8) is 0 Å². The predicted octanol–water partition coefficient (Wildman–Crippen LogP) is 3.31. The van der Waals surface area contributed by atoms with Gasteiger partial charge in [-0.2, -0.15) is 0 Å². The van der Waals surface area contributed by atoms with Crippen LogP contribution in [0.1, 0.15) is 36.7 Å². The molecule has 0 heterocycles. The van der Waals surface area contributed by atoms with Crippen LogP contribution in [0.25, 0.3) is 6.08 Å². The fourth-order valence-corrected chi connectivity index (χ4v) is 1.75. The number of allylic oxidation sites excluding steroid dienone is 1. The normalized spacial score (nSPS) is 15.4. The molecule has 0 bridgehead atoms. The van der Waals surface area contributed by atoms with Gasteiger partial charge < -0.3 is 0 Å². The Labute approximate surface area is 84.5 Å². The molecule has 1 aromatic rings. The third-order valence-electron chi connectivity index (χ3n) is 2.56. The standard InChI is InChI=1S/C13H14O/c1-13(2,3)11-8-9-6-4-5-7-10(9)12(11)14/h4-8H,1-3H3. The van der Waals surface area contributed by atoms with Gasteiger partial charge in [-0.3, -0.25) is 4.79 Å². The molecule has 1 aliphatic rings. The summed E-state index contributed by atoms with van der Waals surface area (Å²) < 4.78 is 0. The van der Waals surface area contributed by atoms with Crippen LogP contribution >= 0.6 is 0 Å². The zero-order valence-electron chi connectivity index (χ0n) is 8.79. The van der Waals surface area contributed by atoms with E-state index in [1.165, 1.54) is 0 Å². The van der Waals surface area contributed by atoms with Crippen LogP contribution in [0, 0.1) is 5.41 Å². The molecule has 0 aromatic heterocycles. The van der Waals surface area contributed by atoms with Crippen LogP contribution in [0.3, 0.4) is 0 Å². The lowest BCUT2D eigenvalue weighted by Gasteiger charge is -2.18. The molecule has 0 spiro atoms. The van der Waals surface area contributed by atoms with Crippen LogP contribution in [0.5, 0.6) is 0 Å². The molecule has 0 atom stereocenters. The van der Waals surface area contributed by atoms with Crippen molar-refractivity contribution < 1.29 is 4.79 Å². The Hall–Kier alpha value is -1.37. The van der Waals surface area contributed by atoms with E-state index in [1.54, 1.807) is 0 Å². The topological polar surface area (TPSA) is 17.1 Å². The van der Waals surface area contributed by atoms with E-state index >= 15 is 0 Å². The fraction of sp³-hybridized carbons (Fsp3) is 0.308. The summed E-state index contributed by atoms with van der Waals surface area (Å²) in [4.78, 5) is 12.0. The Balaban J connectivity index is 2.53. The van der Waals surface area contributed by atoms with E-state index in [0.717, 1.165) is 16.7 Å². The highest BCUT2D eigenvalue weighted by Gasteiger charge is 2.30. The molecule has 0 unspecified atom stereocenters. The summed E-state index contributed by atoms with van der Waals surface area (Å²) in [6.07, 6.45) is 2.01. The quantitative estimate of drug-likeness (QED) is 0.607. The Bertz CT molecular complexity index is 419. The van der Waals surface area contributed by atoms with Crippen molar-refractivity contribution in [1.82, 2.24) is 0 Å². The first kappa shape index (κ1) is 9.20. The lowest BCUT2D eigenvalue weighted by molar-refractivity contribution is 0.101. The van der Waals surface area contributed by atoms with E-state index in [4.69, 9.17) is 0 Å². The van der Waals surface area contributed by atoms with E-state index in [9.17, 15) is 4.79 Å². The maximum absolute atomic E-state index is 12.0. The summed E-state index contributed by atoms with van der Waals surface area (Å²) in [5.41, 5.74) is 2.76. The van der Waals surface area contributed by atoms with E-state index in [0.29, 0.717) is 0 Å². The lowest BCUT2D eigenvalue weighted by atomic mass is 9.85. The first-order valence-corrected chi connectivity index (χ1v) is 4.86. The molecule has 72 valence electrons. The zero-order valence-corrected chi connectivity index (χ0v) is 8.79. The average Bonchev–Trinajstić information content (AvgIpc) is 2.44. The van der Waals surface area contributed by atoms with Crippen molar-refractivity contribution in [2.45, 2.75) is 20.8 Å². The molecular formula is C13H14O.